The molecule has 0 amide bonds. The number of H-pyrrole nitrogens is 1. The van der Waals surface area contributed by atoms with Crippen molar-refractivity contribution in [1.29, 1.82) is 0 Å². The topological polar surface area (TPSA) is 59.4 Å². The van der Waals surface area contributed by atoms with E-state index in [0.29, 0.717) is 21.7 Å². The number of imidazole rings is 2. The summed E-state index contributed by atoms with van der Waals surface area (Å²) < 4.78 is 1.81. The largest absolute Gasteiger partial charge is 0.338 e. The minimum Gasteiger partial charge on any atom is -0.338 e. The normalized spacial score (nSPS) is 11.2. The molecule has 0 spiro atoms. The molecule has 0 saturated heterocycles. The second-order valence-electron chi connectivity index (χ2n) is 4.74. The third kappa shape index (κ3) is 2.24. The van der Waals surface area contributed by atoms with Gasteiger partial charge in [0.2, 0.25) is 0 Å². The molecule has 5 nitrogen and oxygen atoms in total. The van der Waals surface area contributed by atoms with Gasteiger partial charge in [0.1, 0.15) is 18.0 Å². The Morgan fingerprint density at radius 1 is 1.09 bits per heavy atom. The lowest BCUT2D eigenvalue weighted by Gasteiger charge is -2.07. The fourth-order valence-electron chi connectivity index (χ4n) is 2.31. The molecule has 0 atom stereocenters. The summed E-state index contributed by atoms with van der Waals surface area (Å²) in [6.07, 6.45) is 6.79. The van der Waals surface area contributed by atoms with Crippen molar-refractivity contribution in [2.75, 3.05) is 0 Å². The number of halogens is 2. The number of nitrogens with zero attached hydrogens (tertiary/aromatic N) is 4. The van der Waals surface area contributed by atoms with E-state index in [4.69, 9.17) is 23.2 Å². The highest BCUT2D eigenvalue weighted by Crippen LogP contribution is 2.28. The molecule has 4 aromatic rings. The van der Waals surface area contributed by atoms with E-state index in [-0.39, 0.29) is 0 Å². The van der Waals surface area contributed by atoms with E-state index >= 15 is 0 Å². The van der Waals surface area contributed by atoms with Crippen molar-refractivity contribution in [3.05, 3.63) is 59.2 Å². The Bertz CT molecular complexity index is 959. The average Bonchev–Trinajstić information content (AvgIpc) is 3.15. The zero-order valence-corrected chi connectivity index (χ0v) is 12.7. The van der Waals surface area contributed by atoms with Gasteiger partial charge in [0.25, 0.3) is 0 Å². The summed E-state index contributed by atoms with van der Waals surface area (Å²) in [6, 6.07) is 7.33. The highest BCUT2D eigenvalue weighted by molar-refractivity contribution is 6.31. The smallest absolute Gasteiger partial charge is 0.148 e. The van der Waals surface area contributed by atoms with Gasteiger partial charge in [-0.3, -0.25) is 4.57 Å². The van der Waals surface area contributed by atoms with Crippen LogP contribution in [0.3, 0.4) is 0 Å². The Labute approximate surface area is 135 Å². The number of hydrogen-bond acceptors (Lipinski definition) is 3. The fraction of sp³-hybridized carbons (Fsp3) is 0. The monoisotopic (exact) mass is 329 g/mol. The van der Waals surface area contributed by atoms with Gasteiger partial charge in [-0.15, -0.1) is 0 Å². The first kappa shape index (κ1) is 13.3. The number of nitrogens with one attached hydrogen (secondary N) is 1. The zero-order valence-electron chi connectivity index (χ0n) is 11.2. The minimum absolute atomic E-state index is 0.539. The predicted molar refractivity (Wildman–Crippen MR) is 86.5 cm³/mol. The summed E-state index contributed by atoms with van der Waals surface area (Å²) in [6.45, 7) is 0. The van der Waals surface area contributed by atoms with Crippen molar-refractivity contribution in [3.8, 4) is 17.2 Å². The standard InChI is InChI=1S/C15H9Cl2N5/c16-9-1-2-12-13(6-9)21-14(20-12)11-5-10(17)7-19-15(11)22-4-3-18-8-22/h1-8H,(H,20,21). The summed E-state index contributed by atoms with van der Waals surface area (Å²) >= 11 is 12.1. The van der Waals surface area contributed by atoms with Gasteiger partial charge in [-0.05, 0) is 24.3 Å². The lowest BCUT2D eigenvalue weighted by Crippen LogP contribution is -1.98. The maximum atomic E-state index is 6.10. The van der Waals surface area contributed by atoms with E-state index in [1.54, 1.807) is 18.7 Å². The van der Waals surface area contributed by atoms with Crippen LogP contribution in [0, 0.1) is 0 Å². The SMILES string of the molecule is Clc1cnc(-n2ccnc2)c(-c2nc3ccc(Cl)cc3[nH]2)c1. The minimum atomic E-state index is 0.539. The highest BCUT2D eigenvalue weighted by Gasteiger charge is 2.13. The lowest BCUT2D eigenvalue weighted by molar-refractivity contribution is 0.992. The molecule has 4 rings (SSSR count). The number of pyridine rings is 1. The van der Waals surface area contributed by atoms with Gasteiger partial charge in [0, 0.05) is 23.6 Å². The predicted octanol–water partition coefficient (Wildman–Crippen LogP) is 4.12. The quantitative estimate of drug-likeness (QED) is 0.601. The first-order chi connectivity index (χ1) is 10.7. The molecule has 0 aliphatic heterocycles. The van der Waals surface area contributed by atoms with Crippen LogP contribution in [0.15, 0.2) is 49.2 Å². The van der Waals surface area contributed by atoms with Crippen LogP contribution in [0.25, 0.3) is 28.2 Å². The molecule has 0 radical (unpaired) electrons. The van der Waals surface area contributed by atoms with Gasteiger partial charge in [-0.2, -0.15) is 0 Å². The van der Waals surface area contributed by atoms with Crippen LogP contribution in [0.5, 0.6) is 0 Å². The van der Waals surface area contributed by atoms with Gasteiger partial charge >= 0.3 is 0 Å². The van der Waals surface area contributed by atoms with E-state index in [1.807, 2.05) is 35.0 Å². The molecule has 1 aromatic carbocycles. The molecule has 1 N–H and O–H groups in total. The van der Waals surface area contributed by atoms with E-state index < -0.39 is 0 Å². The molecule has 22 heavy (non-hydrogen) atoms. The van der Waals surface area contributed by atoms with Gasteiger partial charge in [-0.25, -0.2) is 15.0 Å². The molecular formula is C15H9Cl2N5. The van der Waals surface area contributed by atoms with E-state index in [2.05, 4.69) is 19.9 Å². The zero-order chi connectivity index (χ0) is 15.1. The molecule has 0 saturated carbocycles. The Hall–Kier alpha value is -2.37. The molecule has 0 bridgehead atoms. The number of aromatic amines is 1. The van der Waals surface area contributed by atoms with Crippen LogP contribution < -0.4 is 0 Å². The first-order valence-corrected chi connectivity index (χ1v) is 7.26. The van der Waals surface area contributed by atoms with Crippen LogP contribution in [-0.2, 0) is 0 Å². The van der Waals surface area contributed by atoms with Crippen molar-refractivity contribution < 1.29 is 0 Å². The average molecular weight is 330 g/mol. The van der Waals surface area contributed by atoms with E-state index in [9.17, 15) is 0 Å². The Morgan fingerprint density at radius 3 is 2.82 bits per heavy atom. The fourth-order valence-corrected chi connectivity index (χ4v) is 2.64. The van der Waals surface area contributed by atoms with E-state index in [1.165, 1.54) is 0 Å². The summed E-state index contributed by atoms with van der Waals surface area (Å²) in [5.74, 6) is 1.38. The van der Waals surface area contributed by atoms with Crippen LogP contribution in [0.1, 0.15) is 0 Å². The number of rotatable bonds is 2. The lowest BCUT2D eigenvalue weighted by atomic mass is 10.2. The van der Waals surface area contributed by atoms with Crippen LogP contribution >= 0.6 is 23.2 Å². The summed E-state index contributed by atoms with van der Waals surface area (Å²) in [5.41, 5.74) is 2.48. The summed E-state index contributed by atoms with van der Waals surface area (Å²) in [4.78, 5) is 16.3. The second kappa shape index (κ2) is 5.12. The molecule has 0 aliphatic carbocycles. The maximum Gasteiger partial charge on any atom is 0.148 e. The molecule has 7 heteroatoms. The molecule has 0 aliphatic rings. The Kier molecular flexibility index (Phi) is 3.10. The van der Waals surface area contributed by atoms with E-state index in [0.717, 1.165) is 16.6 Å². The van der Waals surface area contributed by atoms with Crippen molar-refractivity contribution in [2.24, 2.45) is 0 Å². The molecular weight excluding hydrogens is 321 g/mol. The number of hydrogen-bond donors (Lipinski definition) is 1. The van der Waals surface area contributed by atoms with Gasteiger partial charge < -0.3 is 4.98 Å². The molecule has 3 heterocycles. The molecule has 3 aromatic heterocycles. The highest BCUT2D eigenvalue weighted by atomic mass is 35.5. The summed E-state index contributed by atoms with van der Waals surface area (Å²) in [5, 5.41) is 1.19. The molecule has 0 unspecified atom stereocenters. The van der Waals surface area contributed by atoms with Gasteiger partial charge in [-0.1, -0.05) is 23.2 Å². The third-order valence-corrected chi connectivity index (χ3v) is 3.72. The second-order valence-corrected chi connectivity index (χ2v) is 5.61. The third-order valence-electron chi connectivity index (χ3n) is 3.28. The van der Waals surface area contributed by atoms with Crippen LogP contribution in [0.2, 0.25) is 10.0 Å². The van der Waals surface area contributed by atoms with Gasteiger partial charge in [0.05, 0.1) is 21.6 Å². The molecule has 0 fully saturated rings. The maximum absolute atomic E-state index is 6.10. The first-order valence-electron chi connectivity index (χ1n) is 6.50. The van der Waals surface area contributed by atoms with Gasteiger partial charge in [0.15, 0.2) is 0 Å². The molecule has 108 valence electrons. The Morgan fingerprint density at radius 2 is 2.00 bits per heavy atom. The number of fused-ring (bicyclic) bond motifs is 1. The Balaban J connectivity index is 1.95. The van der Waals surface area contributed by atoms with Crippen LogP contribution in [0.4, 0.5) is 0 Å². The number of aromatic nitrogens is 5. The van der Waals surface area contributed by atoms with Crippen molar-refractivity contribution in [2.45, 2.75) is 0 Å². The van der Waals surface area contributed by atoms with Crippen LogP contribution in [-0.4, -0.2) is 24.5 Å². The van der Waals surface area contributed by atoms with Crippen molar-refractivity contribution in [3.63, 3.8) is 0 Å². The number of benzene rings is 1. The van der Waals surface area contributed by atoms with Crippen molar-refractivity contribution in [1.82, 2.24) is 24.5 Å². The van der Waals surface area contributed by atoms with Crippen molar-refractivity contribution >= 4 is 34.2 Å². The summed E-state index contributed by atoms with van der Waals surface area (Å²) in [7, 11) is 0.